The lowest BCUT2D eigenvalue weighted by Gasteiger charge is -2.03. The molecule has 0 aliphatic rings. The van der Waals surface area contributed by atoms with Crippen molar-refractivity contribution in [2.24, 2.45) is 0 Å². The second-order valence-electron chi connectivity index (χ2n) is 5.28. The summed E-state index contributed by atoms with van der Waals surface area (Å²) in [5.41, 5.74) is 1.57. The summed E-state index contributed by atoms with van der Waals surface area (Å²) in [6.45, 7) is 0.351. The van der Waals surface area contributed by atoms with Gasteiger partial charge in [-0.05, 0) is 42.0 Å². The molecule has 0 saturated carbocycles. The smallest absolute Gasteiger partial charge is 0.287 e. The van der Waals surface area contributed by atoms with Crippen LogP contribution < -0.4 is 5.32 Å². The molecule has 1 heterocycles. The number of carbonyl (C=O) groups is 1. The molecule has 0 bridgehead atoms. The van der Waals surface area contributed by atoms with E-state index in [1.54, 1.807) is 36.4 Å². The molecule has 1 N–H and O–H groups in total. The van der Waals surface area contributed by atoms with Crippen LogP contribution >= 0.6 is 11.6 Å². The van der Waals surface area contributed by atoms with Crippen molar-refractivity contribution in [3.05, 3.63) is 87.1 Å². The van der Waals surface area contributed by atoms with Crippen LogP contribution in [-0.4, -0.2) is 10.8 Å². The first-order valence-corrected chi connectivity index (χ1v) is 7.78. The average molecular weight is 357 g/mol. The first kappa shape index (κ1) is 16.7. The van der Waals surface area contributed by atoms with Crippen molar-refractivity contribution in [2.45, 2.75) is 6.54 Å². The van der Waals surface area contributed by atoms with Crippen molar-refractivity contribution >= 4 is 23.2 Å². The number of hydrogen-bond acceptors (Lipinski definition) is 4. The highest BCUT2D eigenvalue weighted by Gasteiger charge is 2.13. The van der Waals surface area contributed by atoms with Gasteiger partial charge in [-0.3, -0.25) is 14.9 Å². The van der Waals surface area contributed by atoms with Gasteiger partial charge in [-0.1, -0.05) is 23.7 Å². The van der Waals surface area contributed by atoms with Gasteiger partial charge in [0.05, 0.1) is 4.92 Å². The number of nitro groups is 1. The van der Waals surface area contributed by atoms with Gasteiger partial charge in [-0.25, -0.2) is 0 Å². The summed E-state index contributed by atoms with van der Waals surface area (Å²) < 4.78 is 5.54. The van der Waals surface area contributed by atoms with E-state index >= 15 is 0 Å². The minimum absolute atomic E-state index is 0.00348. The predicted molar refractivity (Wildman–Crippen MR) is 93.4 cm³/mol. The Kier molecular flexibility index (Phi) is 4.81. The third-order valence-electron chi connectivity index (χ3n) is 3.56. The maximum absolute atomic E-state index is 12.2. The molecular weight excluding hydrogens is 344 g/mol. The Bertz CT molecular complexity index is 902. The van der Waals surface area contributed by atoms with E-state index in [4.69, 9.17) is 16.0 Å². The van der Waals surface area contributed by atoms with Crippen LogP contribution in [-0.2, 0) is 6.54 Å². The van der Waals surface area contributed by atoms with Gasteiger partial charge in [0.25, 0.3) is 11.6 Å². The summed E-state index contributed by atoms with van der Waals surface area (Å²) in [6, 6.07) is 16.3. The third-order valence-corrected chi connectivity index (χ3v) is 3.81. The number of nitrogens with one attached hydrogen (secondary N) is 1. The summed E-state index contributed by atoms with van der Waals surface area (Å²) in [5, 5.41) is 14.1. The fourth-order valence-electron chi connectivity index (χ4n) is 2.23. The number of nitro benzene ring substituents is 1. The minimum Gasteiger partial charge on any atom is -0.451 e. The first-order chi connectivity index (χ1) is 12.0. The van der Waals surface area contributed by atoms with E-state index in [1.165, 1.54) is 12.1 Å². The maximum atomic E-state index is 12.2. The lowest BCUT2D eigenvalue weighted by atomic mass is 10.1. The first-order valence-electron chi connectivity index (χ1n) is 7.40. The zero-order chi connectivity index (χ0) is 17.8. The van der Waals surface area contributed by atoms with E-state index in [0.717, 1.165) is 5.56 Å². The molecule has 1 amide bonds. The molecule has 0 radical (unpaired) electrons. The van der Waals surface area contributed by atoms with Crippen molar-refractivity contribution in [1.29, 1.82) is 0 Å². The van der Waals surface area contributed by atoms with Gasteiger partial charge in [-0.15, -0.1) is 0 Å². The van der Waals surface area contributed by atoms with Crippen molar-refractivity contribution in [3.8, 4) is 11.3 Å². The number of rotatable bonds is 5. The Hall–Kier alpha value is -3.12. The zero-order valence-corrected chi connectivity index (χ0v) is 13.7. The van der Waals surface area contributed by atoms with Crippen molar-refractivity contribution < 1.29 is 14.1 Å². The van der Waals surface area contributed by atoms with E-state index in [0.29, 0.717) is 22.9 Å². The average Bonchev–Trinajstić information content (AvgIpc) is 3.11. The van der Waals surface area contributed by atoms with Gasteiger partial charge in [0.1, 0.15) is 5.76 Å². The summed E-state index contributed by atoms with van der Waals surface area (Å²) >= 11 is 5.82. The number of hydrogen-bond donors (Lipinski definition) is 1. The summed E-state index contributed by atoms with van der Waals surface area (Å²) in [7, 11) is 0. The second-order valence-corrected chi connectivity index (χ2v) is 5.71. The summed E-state index contributed by atoms with van der Waals surface area (Å²) in [6.07, 6.45) is 0. The largest absolute Gasteiger partial charge is 0.451 e. The second kappa shape index (κ2) is 7.19. The Balaban J connectivity index is 1.66. The Morgan fingerprint density at radius 1 is 1.04 bits per heavy atom. The van der Waals surface area contributed by atoms with Crippen molar-refractivity contribution in [2.75, 3.05) is 0 Å². The van der Waals surface area contributed by atoms with Crippen LogP contribution in [0.3, 0.4) is 0 Å². The molecule has 6 nitrogen and oxygen atoms in total. The monoisotopic (exact) mass is 356 g/mol. The number of halogens is 1. The molecule has 0 aliphatic carbocycles. The number of benzene rings is 2. The highest BCUT2D eigenvalue weighted by atomic mass is 35.5. The maximum Gasteiger partial charge on any atom is 0.287 e. The molecule has 3 rings (SSSR count). The van der Waals surface area contributed by atoms with Crippen molar-refractivity contribution in [3.63, 3.8) is 0 Å². The fourth-order valence-corrected chi connectivity index (χ4v) is 2.36. The summed E-state index contributed by atoms with van der Waals surface area (Å²) in [4.78, 5) is 22.4. The molecule has 2 aromatic carbocycles. The van der Waals surface area contributed by atoms with Gasteiger partial charge in [0.15, 0.2) is 5.76 Å². The SMILES string of the molecule is O=C(NCc1ccc(Cl)cc1)c1ccc(-c2ccc([N+](=O)[O-])cc2)o1. The normalized spacial score (nSPS) is 10.4. The fraction of sp³-hybridized carbons (Fsp3) is 0.0556. The Morgan fingerprint density at radius 2 is 1.72 bits per heavy atom. The molecule has 0 aliphatic heterocycles. The van der Waals surface area contributed by atoms with Gasteiger partial charge >= 0.3 is 0 Å². The van der Waals surface area contributed by atoms with Gasteiger partial charge < -0.3 is 9.73 Å². The number of carbonyl (C=O) groups excluding carboxylic acids is 1. The van der Waals surface area contributed by atoms with Crippen LogP contribution in [0.5, 0.6) is 0 Å². The van der Waals surface area contributed by atoms with Gasteiger partial charge in [0, 0.05) is 29.3 Å². The molecular formula is C18H13ClN2O4. The Labute approximate surface area is 148 Å². The predicted octanol–water partition coefficient (Wildman–Crippen LogP) is 4.44. The van der Waals surface area contributed by atoms with Crippen LogP contribution in [0, 0.1) is 10.1 Å². The van der Waals surface area contributed by atoms with Crippen LogP contribution in [0.4, 0.5) is 5.69 Å². The van der Waals surface area contributed by atoms with Crippen LogP contribution in [0.15, 0.2) is 65.1 Å². The summed E-state index contributed by atoms with van der Waals surface area (Å²) in [5.74, 6) is 0.289. The standard InChI is InChI=1S/C18H13ClN2O4/c19-14-5-1-12(2-6-14)11-20-18(22)17-10-9-16(25-17)13-3-7-15(8-4-13)21(23)24/h1-10H,11H2,(H,20,22). The quantitative estimate of drug-likeness (QED) is 0.541. The molecule has 1 aromatic heterocycles. The molecule has 126 valence electrons. The minimum atomic E-state index is -0.471. The zero-order valence-electron chi connectivity index (χ0n) is 12.9. The third kappa shape index (κ3) is 4.05. The molecule has 3 aromatic rings. The highest BCUT2D eigenvalue weighted by Crippen LogP contribution is 2.24. The van der Waals surface area contributed by atoms with Gasteiger partial charge in [0.2, 0.25) is 0 Å². The van der Waals surface area contributed by atoms with E-state index in [9.17, 15) is 14.9 Å². The number of amides is 1. The van der Waals surface area contributed by atoms with E-state index in [-0.39, 0.29) is 17.4 Å². The molecule has 0 saturated heterocycles. The topological polar surface area (TPSA) is 85.4 Å². The molecule has 25 heavy (non-hydrogen) atoms. The van der Waals surface area contributed by atoms with Crippen molar-refractivity contribution in [1.82, 2.24) is 5.32 Å². The number of furan rings is 1. The molecule has 0 spiro atoms. The lowest BCUT2D eigenvalue weighted by molar-refractivity contribution is -0.384. The number of nitrogens with zero attached hydrogens (tertiary/aromatic N) is 1. The van der Waals surface area contributed by atoms with Crippen LogP contribution in [0.2, 0.25) is 5.02 Å². The van der Waals surface area contributed by atoms with Crippen LogP contribution in [0.25, 0.3) is 11.3 Å². The molecule has 7 heteroatoms. The molecule has 0 atom stereocenters. The van der Waals surface area contributed by atoms with E-state index in [1.807, 2.05) is 12.1 Å². The van der Waals surface area contributed by atoms with Crippen LogP contribution in [0.1, 0.15) is 16.1 Å². The van der Waals surface area contributed by atoms with Gasteiger partial charge in [-0.2, -0.15) is 0 Å². The number of non-ortho nitro benzene ring substituents is 1. The highest BCUT2D eigenvalue weighted by molar-refractivity contribution is 6.30. The van der Waals surface area contributed by atoms with E-state index < -0.39 is 4.92 Å². The molecule has 0 unspecified atom stereocenters. The lowest BCUT2D eigenvalue weighted by Crippen LogP contribution is -2.22. The molecule has 0 fully saturated rings. The van der Waals surface area contributed by atoms with E-state index in [2.05, 4.69) is 5.32 Å². The Morgan fingerprint density at radius 3 is 2.36 bits per heavy atom.